The number of aryl methyl sites for hydroxylation is 1. The summed E-state index contributed by atoms with van der Waals surface area (Å²) in [6.45, 7) is 1.03. The van der Waals surface area contributed by atoms with Gasteiger partial charge < -0.3 is 15.2 Å². The van der Waals surface area contributed by atoms with Crippen molar-refractivity contribution in [2.45, 2.75) is 57.1 Å². The Labute approximate surface area is 170 Å². The lowest BCUT2D eigenvalue weighted by molar-refractivity contribution is -0.136. The van der Waals surface area contributed by atoms with E-state index in [-0.39, 0.29) is 6.42 Å². The van der Waals surface area contributed by atoms with Crippen LogP contribution < -0.4 is 10.1 Å². The average molecular weight is 400 g/mol. The molecule has 1 atom stereocenters. The first-order chi connectivity index (χ1) is 13.6. The van der Waals surface area contributed by atoms with Crippen molar-refractivity contribution >= 4 is 17.6 Å². The summed E-state index contributed by atoms with van der Waals surface area (Å²) in [6.07, 6.45) is 5.59. The maximum Gasteiger partial charge on any atom is 0.304 e. The number of carboxylic acids is 1. The standard InChI is InChI=1S/C23H26ClNO3/c24-22-3-1-2-20(15-4-5-15)21(22)14-28-19-9-7-16-12-18(8-6-17(16)13-19)25-11-10-23(26)27/h1-3,7,9,13,15,18,25H,4-6,8,10-12,14H2,(H,26,27). The zero-order chi connectivity index (χ0) is 19.5. The van der Waals surface area contributed by atoms with E-state index < -0.39 is 5.97 Å². The van der Waals surface area contributed by atoms with Crippen LogP contribution in [-0.2, 0) is 24.2 Å². The molecule has 1 fully saturated rings. The molecule has 28 heavy (non-hydrogen) atoms. The van der Waals surface area contributed by atoms with Crippen LogP contribution in [0, 0.1) is 0 Å². The average Bonchev–Trinajstić information content (AvgIpc) is 3.51. The molecule has 1 saturated carbocycles. The van der Waals surface area contributed by atoms with E-state index in [9.17, 15) is 4.79 Å². The highest BCUT2D eigenvalue weighted by Crippen LogP contribution is 2.43. The van der Waals surface area contributed by atoms with Crippen LogP contribution >= 0.6 is 11.6 Å². The van der Waals surface area contributed by atoms with Gasteiger partial charge in [0.05, 0.1) is 6.42 Å². The van der Waals surface area contributed by atoms with Crippen LogP contribution in [0.1, 0.15) is 53.9 Å². The van der Waals surface area contributed by atoms with Crippen molar-refractivity contribution in [2.75, 3.05) is 6.54 Å². The molecule has 2 N–H and O–H groups in total. The van der Waals surface area contributed by atoms with E-state index >= 15 is 0 Å². The first-order valence-electron chi connectivity index (χ1n) is 10.1. The third-order valence-electron chi connectivity index (χ3n) is 5.73. The van der Waals surface area contributed by atoms with Gasteiger partial charge in [0, 0.05) is 23.2 Å². The minimum Gasteiger partial charge on any atom is -0.489 e. The number of ether oxygens (including phenoxy) is 1. The van der Waals surface area contributed by atoms with Crippen molar-refractivity contribution in [1.29, 1.82) is 0 Å². The van der Waals surface area contributed by atoms with Gasteiger partial charge in [-0.05, 0) is 72.9 Å². The van der Waals surface area contributed by atoms with E-state index in [0.717, 1.165) is 35.6 Å². The monoisotopic (exact) mass is 399 g/mol. The fourth-order valence-electron chi connectivity index (χ4n) is 4.04. The normalized spacial score (nSPS) is 18.5. The molecular formula is C23H26ClNO3. The van der Waals surface area contributed by atoms with Crippen LogP contribution in [0.2, 0.25) is 5.02 Å². The van der Waals surface area contributed by atoms with Gasteiger partial charge in [-0.1, -0.05) is 29.8 Å². The minimum atomic E-state index is -0.756. The lowest BCUT2D eigenvalue weighted by atomic mass is 9.88. The van der Waals surface area contributed by atoms with Crippen molar-refractivity contribution in [2.24, 2.45) is 0 Å². The Bertz CT molecular complexity index is 863. The van der Waals surface area contributed by atoms with Gasteiger partial charge in [0.15, 0.2) is 0 Å². The van der Waals surface area contributed by atoms with Crippen LogP contribution in [0.3, 0.4) is 0 Å². The number of hydrogen-bond donors (Lipinski definition) is 2. The van der Waals surface area contributed by atoms with Gasteiger partial charge in [-0.25, -0.2) is 0 Å². The van der Waals surface area contributed by atoms with Crippen molar-refractivity contribution in [1.82, 2.24) is 5.32 Å². The summed E-state index contributed by atoms with van der Waals surface area (Å²) in [7, 11) is 0. The van der Waals surface area contributed by atoms with Crippen molar-refractivity contribution in [3.63, 3.8) is 0 Å². The summed E-state index contributed by atoms with van der Waals surface area (Å²) in [5, 5.41) is 12.9. The molecule has 4 rings (SSSR count). The maximum absolute atomic E-state index is 10.7. The summed E-state index contributed by atoms with van der Waals surface area (Å²) in [4.78, 5) is 10.7. The Hall–Kier alpha value is -2.04. The molecule has 0 spiro atoms. The molecular weight excluding hydrogens is 374 g/mol. The van der Waals surface area contributed by atoms with Gasteiger partial charge in [0.25, 0.3) is 0 Å². The number of rotatable bonds is 8. The van der Waals surface area contributed by atoms with Gasteiger partial charge in [-0.3, -0.25) is 4.79 Å². The Morgan fingerprint density at radius 1 is 1.18 bits per heavy atom. The molecule has 2 aliphatic carbocycles. The maximum atomic E-state index is 10.7. The largest absolute Gasteiger partial charge is 0.489 e. The zero-order valence-corrected chi connectivity index (χ0v) is 16.7. The minimum absolute atomic E-state index is 0.168. The first-order valence-corrected chi connectivity index (χ1v) is 10.4. The highest BCUT2D eigenvalue weighted by molar-refractivity contribution is 6.31. The quantitative estimate of drug-likeness (QED) is 0.674. The predicted molar refractivity (Wildman–Crippen MR) is 110 cm³/mol. The lowest BCUT2D eigenvalue weighted by Crippen LogP contribution is -2.35. The fourth-order valence-corrected chi connectivity index (χ4v) is 4.27. The molecule has 0 bridgehead atoms. The van der Waals surface area contributed by atoms with E-state index in [1.54, 1.807) is 0 Å². The van der Waals surface area contributed by atoms with Crippen LogP contribution in [-0.4, -0.2) is 23.7 Å². The second kappa shape index (κ2) is 8.54. The molecule has 4 nitrogen and oxygen atoms in total. The van der Waals surface area contributed by atoms with E-state index in [1.807, 2.05) is 18.2 Å². The van der Waals surface area contributed by atoms with E-state index in [2.05, 4.69) is 23.5 Å². The zero-order valence-electron chi connectivity index (χ0n) is 15.9. The van der Waals surface area contributed by atoms with Crippen LogP contribution in [0.5, 0.6) is 5.75 Å². The Morgan fingerprint density at radius 3 is 2.82 bits per heavy atom. The Balaban J connectivity index is 1.37. The third-order valence-corrected chi connectivity index (χ3v) is 6.09. The van der Waals surface area contributed by atoms with Crippen LogP contribution in [0.15, 0.2) is 36.4 Å². The highest BCUT2D eigenvalue weighted by atomic mass is 35.5. The number of hydrogen-bond acceptors (Lipinski definition) is 3. The summed E-state index contributed by atoms with van der Waals surface area (Å²) in [6, 6.07) is 12.8. The van der Waals surface area contributed by atoms with Gasteiger partial charge in [0.1, 0.15) is 12.4 Å². The van der Waals surface area contributed by atoms with Crippen LogP contribution in [0.25, 0.3) is 0 Å². The molecule has 0 aromatic heterocycles. The van der Waals surface area contributed by atoms with E-state index in [1.165, 1.54) is 29.5 Å². The second-order valence-electron chi connectivity index (χ2n) is 7.84. The molecule has 0 radical (unpaired) electrons. The highest BCUT2D eigenvalue weighted by Gasteiger charge is 2.27. The molecule has 2 aromatic rings. The first kappa shape index (κ1) is 19.3. The molecule has 0 aliphatic heterocycles. The second-order valence-corrected chi connectivity index (χ2v) is 8.25. The van der Waals surface area contributed by atoms with Gasteiger partial charge in [-0.15, -0.1) is 0 Å². The number of carbonyl (C=O) groups is 1. The van der Waals surface area contributed by atoms with E-state index in [0.29, 0.717) is 25.1 Å². The molecule has 2 aromatic carbocycles. The summed E-state index contributed by atoms with van der Waals surface area (Å²) in [5.41, 5.74) is 5.10. The fraction of sp³-hybridized carbons (Fsp3) is 0.435. The lowest BCUT2D eigenvalue weighted by Gasteiger charge is -2.26. The van der Waals surface area contributed by atoms with Crippen molar-refractivity contribution in [3.8, 4) is 5.75 Å². The summed E-state index contributed by atoms with van der Waals surface area (Å²) in [5.74, 6) is 0.776. The Kier molecular flexibility index (Phi) is 5.88. The van der Waals surface area contributed by atoms with Crippen molar-refractivity contribution in [3.05, 3.63) is 63.7 Å². The molecule has 2 aliphatic rings. The topological polar surface area (TPSA) is 58.6 Å². The molecule has 5 heteroatoms. The predicted octanol–water partition coefficient (Wildman–Crippen LogP) is 4.72. The van der Waals surface area contributed by atoms with Crippen LogP contribution in [0.4, 0.5) is 0 Å². The van der Waals surface area contributed by atoms with Gasteiger partial charge in [-0.2, -0.15) is 0 Å². The number of halogens is 1. The van der Waals surface area contributed by atoms with Crippen molar-refractivity contribution < 1.29 is 14.6 Å². The molecule has 0 amide bonds. The SMILES string of the molecule is O=C(O)CCNC1CCc2cc(OCc3c(Cl)cccc3C3CC3)ccc2C1. The Morgan fingerprint density at radius 2 is 2.04 bits per heavy atom. The van der Waals surface area contributed by atoms with Gasteiger partial charge >= 0.3 is 5.97 Å². The summed E-state index contributed by atoms with van der Waals surface area (Å²) < 4.78 is 6.11. The smallest absolute Gasteiger partial charge is 0.304 e. The number of fused-ring (bicyclic) bond motifs is 1. The number of benzene rings is 2. The molecule has 1 unspecified atom stereocenters. The molecule has 0 saturated heterocycles. The van der Waals surface area contributed by atoms with Gasteiger partial charge in [0.2, 0.25) is 0 Å². The van der Waals surface area contributed by atoms with E-state index in [4.69, 9.17) is 21.4 Å². The number of carboxylic acid groups (broad SMARTS) is 1. The number of nitrogens with one attached hydrogen (secondary N) is 1. The third kappa shape index (κ3) is 4.68. The number of aliphatic carboxylic acids is 1. The molecule has 0 heterocycles. The molecule has 148 valence electrons. The summed E-state index contributed by atoms with van der Waals surface area (Å²) >= 11 is 6.44.